The highest BCUT2D eigenvalue weighted by Crippen LogP contribution is 2.38. The van der Waals surface area contributed by atoms with E-state index in [-0.39, 0.29) is 24.5 Å². The maximum absolute atomic E-state index is 13.2. The number of para-hydroxylation sites is 1. The Morgan fingerprint density at radius 2 is 1.83 bits per heavy atom. The predicted octanol–water partition coefficient (Wildman–Crippen LogP) is 5.48. The molecule has 0 bridgehead atoms. The highest BCUT2D eigenvalue weighted by molar-refractivity contribution is 9.11. The third kappa shape index (κ3) is 5.94. The van der Waals surface area contributed by atoms with Gasteiger partial charge in [-0.3, -0.25) is 5.32 Å². The fourth-order valence-corrected chi connectivity index (χ4v) is 7.44. The van der Waals surface area contributed by atoms with Crippen LogP contribution < -0.4 is 10.0 Å². The van der Waals surface area contributed by atoms with E-state index in [1.807, 2.05) is 19.1 Å². The SMILES string of the molecule is Cc1ccccc1NC(=O)OC[C@H]1C[C@@H](NS(=O)(=O)c2cc(Br)ccc2Br)C[N+]1(C(=O)O)C(C)(C)C. The van der Waals surface area contributed by atoms with E-state index in [1.165, 1.54) is 6.07 Å². The minimum atomic E-state index is -3.97. The molecule has 1 aliphatic rings. The molecule has 0 aliphatic carbocycles. The number of aryl methyl sites for hydroxylation is 1. The molecule has 2 aromatic rings. The number of carbonyl (C=O) groups excluding carboxylic acids is 1. The van der Waals surface area contributed by atoms with Crippen LogP contribution in [0.5, 0.6) is 0 Å². The molecular formula is C24H30Br2N3O6S+. The Morgan fingerprint density at radius 3 is 2.44 bits per heavy atom. The van der Waals surface area contributed by atoms with E-state index in [1.54, 1.807) is 45.0 Å². The zero-order valence-electron chi connectivity index (χ0n) is 20.4. The molecule has 1 fully saturated rings. The molecule has 0 spiro atoms. The van der Waals surface area contributed by atoms with Crippen molar-refractivity contribution in [3.05, 3.63) is 57.0 Å². The fraction of sp³-hybridized carbons (Fsp3) is 0.417. The van der Waals surface area contributed by atoms with Gasteiger partial charge in [0.05, 0.1) is 10.9 Å². The number of ether oxygens (including phenoxy) is 1. The van der Waals surface area contributed by atoms with Crippen LogP contribution in [-0.4, -0.2) is 61.0 Å². The molecule has 0 radical (unpaired) electrons. The summed E-state index contributed by atoms with van der Waals surface area (Å²) in [6.45, 7) is 6.99. The Bertz CT molecular complexity index is 1260. The fourth-order valence-electron chi connectivity index (χ4n) is 4.70. The number of hydrogen-bond acceptors (Lipinski definition) is 5. The van der Waals surface area contributed by atoms with Crippen molar-refractivity contribution in [2.75, 3.05) is 18.5 Å². The average molecular weight is 648 g/mol. The average Bonchev–Trinajstić information content (AvgIpc) is 3.14. The van der Waals surface area contributed by atoms with Gasteiger partial charge < -0.3 is 9.84 Å². The summed E-state index contributed by atoms with van der Waals surface area (Å²) < 4.78 is 35.0. The second-order valence-corrected chi connectivity index (χ2v) is 13.3. The number of likely N-dealkylation sites (tertiary alicyclic amines) is 1. The molecule has 2 aromatic carbocycles. The van der Waals surface area contributed by atoms with Crippen LogP contribution >= 0.6 is 31.9 Å². The van der Waals surface area contributed by atoms with Crippen molar-refractivity contribution in [2.24, 2.45) is 0 Å². The van der Waals surface area contributed by atoms with Gasteiger partial charge in [0.25, 0.3) is 0 Å². The first-order valence-electron chi connectivity index (χ1n) is 11.3. The zero-order chi connectivity index (χ0) is 26.9. The van der Waals surface area contributed by atoms with Gasteiger partial charge in [-0.15, -0.1) is 0 Å². The summed E-state index contributed by atoms with van der Waals surface area (Å²) in [4.78, 5) is 25.2. The summed E-state index contributed by atoms with van der Waals surface area (Å²) in [6, 6.07) is 10.6. The van der Waals surface area contributed by atoms with Crippen LogP contribution in [0.2, 0.25) is 0 Å². The second-order valence-electron chi connectivity index (χ2n) is 9.83. The molecule has 196 valence electrons. The number of nitrogens with one attached hydrogen (secondary N) is 2. The summed E-state index contributed by atoms with van der Waals surface area (Å²) in [7, 11) is -3.97. The lowest BCUT2D eigenvalue weighted by molar-refractivity contribution is -0.915. The van der Waals surface area contributed by atoms with Gasteiger partial charge in [-0.25, -0.2) is 22.4 Å². The van der Waals surface area contributed by atoms with Crippen LogP contribution in [0.1, 0.15) is 32.8 Å². The number of nitrogens with zero attached hydrogens (tertiary/aromatic N) is 1. The summed E-state index contributed by atoms with van der Waals surface area (Å²) in [6.07, 6.45) is -1.64. The van der Waals surface area contributed by atoms with Gasteiger partial charge in [-0.1, -0.05) is 34.1 Å². The monoisotopic (exact) mass is 646 g/mol. The minimum absolute atomic E-state index is 0.00285. The van der Waals surface area contributed by atoms with Gasteiger partial charge in [0.2, 0.25) is 10.0 Å². The minimum Gasteiger partial charge on any atom is -0.443 e. The van der Waals surface area contributed by atoms with E-state index in [4.69, 9.17) is 4.74 Å². The van der Waals surface area contributed by atoms with Crippen LogP contribution in [0.15, 0.2) is 56.3 Å². The number of sulfonamides is 1. The number of quaternary nitrogens is 1. The van der Waals surface area contributed by atoms with E-state index in [0.29, 0.717) is 14.6 Å². The number of benzene rings is 2. The van der Waals surface area contributed by atoms with Crippen LogP contribution in [-0.2, 0) is 14.8 Å². The maximum Gasteiger partial charge on any atom is 0.514 e. The molecule has 3 N–H and O–H groups in total. The number of amides is 2. The van der Waals surface area contributed by atoms with Crippen LogP contribution in [0.25, 0.3) is 0 Å². The Hall–Kier alpha value is -1.99. The molecule has 12 heteroatoms. The van der Waals surface area contributed by atoms with Gasteiger partial charge in [0, 0.05) is 21.1 Å². The molecule has 1 heterocycles. The number of halogens is 2. The highest BCUT2D eigenvalue weighted by Gasteiger charge is 2.60. The van der Waals surface area contributed by atoms with Crippen molar-refractivity contribution in [1.82, 2.24) is 4.72 Å². The lowest BCUT2D eigenvalue weighted by Crippen LogP contribution is -2.67. The number of hydrogen-bond donors (Lipinski definition) is 3. The molecular weight excluding hydrogens is 618 g/mol. The Labute approximate surface area is 228 Å². The van der Waals surface area contributed by atoms with Crippen molar-refractivity contribution in [3.8, 4) is 0 Å². The van der Waals surface area contributed by atoms with Gasteiger partial charge >= 0.3 is 12.2 Å². The number of carboxylic acid groups (broad SMARTS) is 1. The van der Waals surface area contributed by atoms with Crippen molar-refractivity contribution in [1.29, 1.82) is 0 Å². The van der Waals surface area contributed by atoms with E-state index in [0.717, 1.165) is 5.56 Å². The number of rotatable bonds is 6. The third-order valence-corrected chi connectivity index (χ3v) is 9.53. The van der Waals surface area contributed by atoms with Gasteiger partial charge in [0.1, 0.15) is 24.7 Å². The molecule has 1 saturated heterocycles. The molecule has 1 aliphatic heterocycles. The largest absolute Gasteiger partial charge is 0.514 e. The first-order chi connectivity index (χ1) is 16.7. The smallest absolute Gasteiger partial charge is 0.443 e. The van der Waals surface area contributed by atoms with E-state index in [2.05, 4.69) is 41.9 Å². The molecule has 0 saturated carbocycles. The summed E-state index contributed by atoms with van der Waals surface area (Å²) in [5.74, 6) is 0. The summed E-state index contributed by atoms with van der Waals surface area (Å²) in [5.41, 5.74) is 0.644. The molecule has 0 aromatic heterocycles. The lowest BCUT2D eigenvalue weighted by atomic mass is 10.00. The van der Waals surface area contributed by atoms with Crippen LogP contribution in [0, 0.1) is 6.92 Å². The third-order valence-electron chi connectivity index (χ3n) is 6.52. The maximum atomic E-state index is 13.2. The number of carbonyl (C=O) groups is 2. The van der Waals surface area contributed by atoms with Crippen LogP contribution in [0.3, 0.4) is 0 Å². The standard InChI is InChI=1S/C24H29Br2N3O6S/c1-15-7-5-6-8-20(15)27-22(30)35-14-18-12-17(13-29(18,23(31)32)24(2,3)4)28-36(33,34)21-11-16(25)9-10-19(21)26/h5-11,17-18,28H,12-14H2,1-4H3,(H-,27,30,31,32)/p+1/t17-,18-,29?/m1/s1. The van der Waals surface area contributed by atoms with Gasteiger partial charge in [-0.05, 0) is 73.5 Å². The normalized spacial score (nSPS) is 22.3. The Kier molecular flexibility index (Phi) is 8.56. The van der Waals surface area contributed by atoms with E-state index in [9.17, 15) is 23.1 Å². The molecule has 1 unspecified atom stereocenters. The summed E-state index contributed by atoms with van der Waals surface area (Å²) in [5, 5.41) is 13.0. The van der Waals surface area contributed by atoms with Crippen molar-refractivity contribution in [2.45, 2.75) is 56.6 Å². The first-order valence-corrected chi connectivity index (χ1v) is 14.3. The van der Waals surface area contributed by atoms with Crippen molar-refractivity contribution < 1.29 is 32.3 Å². The highest BCUT2D eigenvalue weighted by atomic mass is 79.9. The Balaban J connectivity index is 1.83. The zero-order valence-corrected chi connectivity index (χ0v) is 24.4. The van der Waals surface area contributed by atoms with Gasteiger partial charge in [0.15, 0.2) is 0 Å². The topological polar surface area (TPSA) is 122 Å². The first kappa shape index (κ1) is 28.6. The Morgan fingerprint density at radius 1 is 1.17 bits per heavy atom. The molecule has 9 nitrogen and oxygen atoms in total. The van der Waals surface area contributed by atoms with Crippen LogP contribution in [0.4, 0.5) is 15.3 Å². The number of anilines is 1. The predicted molar refractivity (Wildman–Crippen MR) is 143 cm³/mol. The summed E-state index contributed by atoms with van der Waals surface area (Å²) >= 11 is 6.56. The molecule has 3 rings (SSSR count). The quantitative estimate of drug-likeness (QED) is 0.357. The molecule has 3 atom stereocenters. The molecule has 36 heavy (non-hydrogen) atoms. The van der Waals surface area contributed by atoms with Crippen molar-refractivity contribution >= 4 is 59.8 Å². The van der Waals surface area contributed by atoms with Crippen molar-refractivity contribution in [3.63, 3.8) is 0 Å². The molecule has 2 amide bonds. The second kappa shape index (κ2) is 10.8. The lowest BCUT2D eigenvalue weighted by Gasteiger charge is -2.44. The van der Waals surface area contributed by atoms with E-state index < -0.39 is 44.3 Å². The van der Waals surface area contributed by atoms with E-state index >= 15 is 0 Å². The van der Waals surface area contributed by atoms with Gasteiger partial charge in [-0.2, -0.15) is 4.79 Å².